The number of aromatic nitrogens is 1. The molecule has 0 saturated carbocycles. The Balaban J connectivity index is 1.51. The summed E-state index contributed by atoms with van der Waals surface area (Å²) in [4.78, 5) is 29.5. The molecule has 2 fully saturated rings. The lowest BCUT2D eigenvalue weighted by Crippen LogP contribution is -2.54. The normalized spacial score (nSPS) is 19.2. The van der Waals surface area contributed by atoms with Crippen molar-refractivity contribution in [1.82, 2.24) is 25.0 Å². The highest BCUT2D eigenvalue weighted by atomic mass is 32.1. The van der Waals surface area contributed by atoms with Gasteiger partial charge in [0.1, 0.15) is 0 Å². The number of piperazine rings is 1. The summed E-state index contributed by atoms with van der Waals surface area (Å²) in [5, 5.41) is 4.50. The fourth-order valence-electron chi connectivity index (χ4n) is 3.51. The topological polar surface area (TPSA) is 73.3 Å². The zero-order valence-electron chi connectivity index (χ0n) is 17.2. The Hall–Kier alpha value is -1.71. The number of rotatable bonds is 5. The molecule has 8 nitrogen and oxygen atoms in total. The van der Waals surface area contributed by atoms with E-state index < -0.39 is 0 Å². The van der Waals surface area contributed by atoms with Crippen molar-refractivity contribution in [1.29, 1.82) is 0 Å². The molecule has 0 bridgehead atoms. The van der Waals surface area contributed by atoms with Crippen LogP contribution in [0.3, 0.4) is 0 Å². The summed E-state index contributed by atoms with van der Waals surface area (Å²) in [6.07, 6.45) is 0. The second-order valence-corrected chi connectivity index (χ2v) is 8.46. The van der Waals surface area contributed by atoms with Crippen molar-refractivity contribution in [3.05, 3.63) is 15.6 Å². The Morgan fingerprint density at radius 3 is 2.46 bits per heavy atom. The third-order valence-corrected chi connectivity index (χ3v) is 6.16. The molecule has 9 heteroatoms. The van der Waals surface area contributed by atoms with Gasteiger partial charge in [-0.2, -0.15) is 0 Å². The molecule has 0 atom stereocenters. The third-order valence-electron chi connectivity index (χ3n) is 5.10. The van der Waals surface area contributed by atoms with Crippen molar-refractivity contribution in [2.45, 2.75) is 27.3 Å². The molecule has 3 rings (SSSR count). The van der Waals surface area contributed by atoms with Crippen molar-refractivity contribution in [2.75, 3.05) is 65.6 Å². The first-order chi connectivity index (χ1) is 13.6. The fourth-order valence-corrected chi connectivity index (χ4v) is 4.38. The molecule has 3 heterocycles. The van der Waals surface area contributed by atoms with Crippen LogP contribution in [0.15, 0.2) is 4.99 Å². The summed E-state index contributed by atoms with van der Waals surface area (Å²) in [6.45, 7) is 14.4. The maximum absolute atomic E-state index is 12.5. The Labute approximate surface area is 171 Å². The van der Waals surface area contributed by atoms with Crippen LogP contribution in [0, 0.1) is 13.8 Å². The molecule has 0 aliphatic carbocycles. The molecular weight excluding hydrogens is 376 g/mol. The van der Waals surface area contributed by atoms with Gasteiger partial charge >= 0.3 is 0 Å². The number of aliphatic imine (C=N–C) groups is 1. The number of carbonyl (C=O) groups excluding carboxylic acids is 1. The number of nitrogens with one attached hydrogen (secondary N) is 1. The van der Waals surface area contributed by atoms with Crippen LogP contribution < -0.4 is 5.32 Å². The van der Waals surface area contributed by atoms with Gasteiger partial charge in [-0.3, -0.25) is 9.69 Å². The SMILES string of the molecule is CCNC(=NCc1sc(C)nc1C)N1CCN(CC(=O)N2CCOCC2)CC1. The first kappa shape index (κ1) is 21.0. The molecule has 1 amide bonds. The van der Waals surface area contributed by atoms with E-state index in [9.17, 15) is 4.79 Å². The largest absolute Gasteiger partial charge is 0.378 e. The van der Waals surface area contributed by atoms with Crippen molar-refractivity contribution in [3.63, 3.8) is 0 Å². The molecule has 156 valence electrons. The summed E-state index contributed by atoms with van der Waals surface area (Å²) < 4.78 is 5.33. The number of thiazole rings is 1. The van der Waals surface area contributed by atoms with E-state index >= 15 is 0 Å². The van der Waals surface area contributed by atoms with Crippen LogP contribution in [-0.2, 0) is 16.1 Å². The third kappa shape index (κ3) is 5.65. The van der Waals surface area contributed by atoms with Crippen LogP contribution in [-0.4, -0.2) is 97.1 Å². The number of amides is 1. The number of aryl methyl sites for hydroxylation is 2. The van der Waals surface area contributed by atoms with E-state index in [1.165, 1.54) is 4.88 Å². The zero-order valence-corrected chi connectivity index (χ0v) is 18.1. The second-order valence-electron chi connectivity index (χ2n) is 7.17. The molecular formula is C19H32N6O2S. The Morgan fingerprint density at radius 2 is 1.86 bits per heavy atom. The minimum atomic E-state index is 0.216. The van der Waals surface area contributed by atoms with Crippen LogP contribution in [0.4, 0.5) is 0 Å². The minimum Gasteiger partial charge on any atom is -0.378 e. The van der Waals surface area contributed by atoms with Gasteiger partial charge in [0.2, 0.25) is 5.91 Å². The van der Waals surface area contributed by atoms with Gasteiger partial charge in [-0.05, 0) is 20.8 Å². The molecule has 1 N–H and O–H groups in total. The van der Waals surface area contributed by atoms with Gasteiger partial charge in [0, 0.05) is 50.7 Å². The molecule has 1 aromatic rings. The van der Waals surface area contributed by atoms with Gasteiger partial charge in [0.15, 0.2) is 5.96 Å². The summed E-state index contributed by atoms with van der Waals surface area (Å²) in [5.41, 5.74) is 1.08. The average Bonchev–Trinajstić information content (AvgIpc) is 3.03. The number of carbonyl (C=O) groups is 1. The summed E-state index contributed by atoms with van der Waals surface area (Å²) in [7, 11) is 0. The second kappa shape index (κ2) is 10.2. The number of nitrogens with zero attached hydrogens (tertiary/aromatic N) is 5. The minimum absolute atomic E-state index is 0.216. The Kier molecular flexibility index (Phi) is 7.64. The molecule has 0 radical (unpaired) electrons. The maximum atomic E-state index is 12.5. The van der Waals surface area contributed by atoms with E-state index in [1.807, 2.05) is 18.7 Å². The van der Waals surface area contributed by atoms with Crippen molar-refractivity contribution in [2.24, 2.45) is 4.99 Å². The van der Waals surface area contributed by atoms with E-state index in [2.05, 4.69) is 27.0 Å². The van der Waals surface area contributed by atoms with Crippen molar-refractivity contribution < 1.29 is 9.53 Å². The van der Waals surface area contributed by atoms with E-state index in [1.54, 1.807) is 11.3 Å². The fraction of sp³-hybridized carbons (Fsp3) is 0.737. The average molecular weight is 409 g/mol. The lowest BCUT2D eigenvalue weighted by Gasteiger charge is -2.37. The smallest absolute Gasteiger partial charge is 0.236 e. The van der Waals surface area contributed by atoms with E-state index in [0.29, 0.717) is 39.4 Å². The quantitative estimate of drug-likeness (QED) is 0.571. The van der Waals surface area contributed by atoms with Crippen LogP contribution in [0.2, 0.25) is 0 Å². The maximum Gasteiger partial charge on any atom is 0.236 e. The van der Waals surface area contributed by atoms with Gasteiger partial charge < -0.3 is 19.9 Å². The van der Waals surface area contributed by atoms with E-state index in [0.717, 1.165) is 49.4 Å². The van der Waals surface area contributed by atoms with E-state index in [4.69, 9.17) is 9.73 Å². The van der Waals surface area contributed by atoms with Crippen molar-refractivity contribution >= 4 is 23.2 Å². The van der Waals surface area contributed by atoms with Gasteiger partial charge in [0.05, 0.1) is 37.0 Å². The highest BCUT2D eigenvalue weighted by Crippen LogP contribution is 2.18. The lowest BCUT2D eigenvalue weighted by atomic mass is 10.3. The number of hydrogen-bond donors (Lipinski definition) is 1. The number of hydrogen-bond acceptors (Lipinski definition) is 6. The molecule has 1 aromatic heterocycles. The predicted molar refractivity (Wildman–Crippen MR) is 112 cm³/mol. The highest BCUT2D eigenvalue weighted by Gasteiger charge is 2.24. The molecule has 0 unspecified atom stereocenters. The van der Waals surface area contributed by atoms with Gasteiger partial charge in [0.25, 0.3) is 0 Å². The molecule has 0 aromatic carbocycles. The molecule has 2 aliphatic rings. The number of ether oxygens (including phenoxy) is 1. The summed E-state index contributed by atoms with van der Waals surface area (Å²) >= 11 is 1.72. The molecule has 2 aliphatic heterocycles. The number of morpholine rings is 1. The van der Waals surface area contributed by atoms with Gasteiger partial charge in [-0.1, -0.05) is 0 Å². The molecule has 2 saturated heterocycles. The van der Waals surface area contributed by atoms with Crippen LogP contribution in [0.25, 0.3) is 0 Å². The molecule has 28 heavy (non-hydrogen) atoms. The first-order valence-electron chi connectivity index (χ1n) is 10.1. The van der Waals surface area contributed by atoms with E-state index in [-0.39, 0.29) is 5.91 Å². The van der Waals surface area contributed by atoms with Crippen LogP contribution >= 0.6 is 11.3 Å². The summed E-state index contributed by atoms with van der Waals surface area (Å²) in [6, 6.07) is 0. The Bertz CT molecular complexity index is 678. The first-order valence-corrected chi connectivity index (χ1v) is 10.9. The number of guanidine groups is 1. The van der Waals surface area contributed by atoms with Gasteiger partial charge in [-0.25, -0.2) is 9.98 Å². The zero-order chi connectivity index (χ0) is 19.9. The van der Waals surface area contributed by atoms with Gasteiger partial charge in [-0.15, -0.1) is 11.3 Å². The monoisotopic (exact) mass is 408 g/mol. The standard InChI is InChI=1S/C19H32N6O2S/c1-4-20-19(21-13-17-15(2)22-16(3)28-17)25-7-5-23(6-8-25)14-18(26)24-9-11-27-12-10-24/h4-14H2,1-3H3,(H,20,21). The Morgan fingerprint density at radius 1 is 1.14 bits per heavy atom. The summed E-state index contributed by atoms with van der Waals surface area (Å²) in [5.74, 6) is 1.17. The van der Waals surface area contributed by atoms with Crippen LogP contribution in [0.5, 0.6) is 0 Å². The molecule has 0 spiro atoms. The lowest BCUT2D eigenvalue weighted by molar-refractivity contribution is -0.136. The highest BCUT2D eigenvalue weighted by molar-refractivity contribution is 7.11. The van der Waals surface area contributed by atoms with Crippen molar-refractivity contribution in [3.8, 4) is 0 Å². The predicted octanol–water partition coefficient (Wildman–Crippen LogP) is 0.702. The van der Waals surface area contributed by atoms with Crippen LogP contribution in [0.1, 0.15) is 22.5 Å².